The maximum Gasteiger partial charge on any atom is 0.124 e. The summed E-state index contributed by atoms with van der Waals surface area (Å²) >= 11 is 10.2. The van der Waals surface area contributed by atoms with Crippen LogP contribution in [-0.4, -0.2) is 0 Å². The summed E-state index contributed by atoms with van der Waals surface area (Å²) in [6.45, 7) is 0. The lowest BCUT2D eigenvalue weighted by Crippen LogP contribution is -1.90. The molecule has 0 saturated heterocycles. The molecule has 17 heavy (non-hydrogen) atoms. The number of halogens is 4. The van der Waals surface area contributed by atoms with Gasteiger partial charge in [-0.2, -0.15) is 0 Å². The Kier molecular flexibility index (Phi) is 4.39. The molecule has 88 valence electrons. The minimum Gasteiger partial charge on any atom is -0.207 e. The second-order valence-corrected chi connectivity index (χ2v) is 6.48. The van der Waals surface area contributed by atoms with Crippen LogP contribution in [0.1, 0.15) is 11.1 Å². The highest BCUT2D eigenvalue weighted by molar-refractivity contribution is 9.11. The van der Waals surface area contributed by atoms with Gasteiger partial charge in [0.25, 0.3) is 0 Å². The summed E-state index contributed by atoms with van der Waals surface area (Å²) in [5.41, 5.74) is 2.07. The molecule has 0 spiro atoms. The third-order valence-corrected chi connectivity index (χ3v) is 3.63. The van der Waals surface area contributed by atoms with Gasteiger partial charge in [0.05, 0.1) is 0 Å². The molecule has 0 saturated carbocycles. The molecule has 4 heteroatoms. The predicted molar refractivity (Wildman–Crippen MR) is 78.7 cm³/mol. The highest BCUT2D eigenvalue weighted by Gasteiger charge is 2.03. The van der Waals surface area contributed by atoms with Crippen molar-refractivity contribution in [2.24, 2.45) is 0 Å². The van der Waals surface area contributed by atoms with E-state index in [2.05, 4.69) is 47.8 Å². The largest absolute Gasteiger partial charge is 0.207 e. The van der Waals surface area contributed by atoms with Gasteiger partial charge in [-0.3, -0.25) is 0 Å². The van der Waals surface area contributed by atoms with E-state index in [0.717, 1.165) is 24.5 Å². The van der Waals surface area contributed by atoms with Crippen molar-refractivity contribution in [1.82, 2.24) is 0 Å². The van der Waals surface area contributed by atoms with Gasteiger partial charge in [-0.15, -0.1) is 0 Å². The van der Waals surface area contributed by atoms with Crippen molar-refractivity contribution >= 4 is 47.8 Å². The highest BCUT2D eigenvalue weighted by Crippen LogP contribution is 2.23. The number of rotatable bonds is 2. The Labute approximate surface area is 125 Å². The first-order chi connectivity index (χ1) is 8.02. The van der Waals surface area contributed by atoms with E-state index in [-0.39, 0.29) is 5.82 Å². The molecule has 0 aliphatic rings. The van der Waals surface area contributed by atoms with Crippen molar-refractivity contribution in [3.8, 4) is 0 Å². The molecule has 2 rings (SSSR count). The second-order valence-electron chi connectivity index (χ2n) is 3.73. The fourth-order valence-electron chi connectivity index (χ4n) is 1.66. The van der Waals surface area contributed by atoms with Gasteiger partial charge >= 0.3 is 0 Å². The van der Waals surface area contributed by atoms with Gasteiger partial charge in [0, 0.05) is 13.4 Å². The summed E-state index contributed by atoms with van der Waals surface area (Å²) in [7, 11) is 0. The van der Waals surface area contributed by atoms with Crippen molar-refractivity contribution < 1.29 is 4.39 Å². The molecule has 0 heterocycles. The topological polar surface area (TPSA) is 0 Å². The molecule has 0 unspecified atom stereocenters. The van der Waals surface area contributed by atoms with E-state index < -0.39 is 0 Å². The molecule has 0 aliphatic carbocycles. The molecule has 0 amide bonds. The molecule has 0 N–H and O–H groups in total. The lowest BCUT2D eigenvalue weighted by Gasteiger charge is -2.05. The van der Waals surface area contributed by atoms with E-state index in [1.165, 1.54) is 6.07 Å². The van der Waals surface area contributed by atoms with E-state index in [9.17, 15) is 4.39 Å². The zero-order chi connectivity index (χ0) is 12.4. The molecule has 2 aromatic rings. The Morgan fingerprint density at radius 1 is 0.706 bits per heavy atom. The molecule has 0 aliphatic heterocycles. The van der Waals surface area contributed by atoms with E-state index >= 15 is 0 Å². The summed E-state index contributed by atoms with van der Waals surface area (Å²) in [4.78, 5) is 0. The monoisotopic (exact) mass is 420 g/mol. The van der Waals surface area contributed by atoms with Crippen LogP contribution in [0, 0.1) is 5.82 Å². The highest BCUT2D eigenvalue weighted by atomic mass is 79.9. The van der Waals surface area contributed by atoms with Crippen molar-refractivity contribution in [2.45, 2.75) is 6.42 Å². The molecule has 0 nitrogen and oxygen atoms in total. The van der Waals surface area contributed by atoms with Gasteiger partial charge in [0.1, 0.15) is 5.82 Å². The van der Waals surface area contributed by atoms with Crippen LogP contribution in [0.4, 0.5) is 4.39 Å². The average molecular weight is 423 g/mol. The van der Waals surface area contributed by atoms with Gasteiger partial charge in [-0.05, 0) is 53.9 Å². The Morgan fingerprint density at radius 3 is 1.71 bits per heavy atom. The Hall–Kier alpha value is -0.190. The van der Waals surface area contributed by atoms with Crippen LogP contribution in [0.2, 0.25) is 0 Å². The number of hydrogen-bond donors (Lipinski definition) is 0. The Bertz CT molecular complexity index is 462. The van der Waals surface area contributed by atoms with E-state index in [1.807, 2.05) is 24.3 Å². The average Bonchev–Trinajstić information content (AvgIpc) is 2.13. The predicted octanol–water partition coefficient (Wildman–Crippen LogP) is 5.70. The molecule has 0 bridgehead atoms. The van der Waals surface area contributed by atoms with Crippen molar-refractivity contribution in [3.63, 3.8) is 0 Å². The summed E-state index contributed by atoms with van der Waals surface area (Å²) < 4.78 is 16.0. The zero-order valence-electron chi connectivity index (χ0n) is 8.68. The van der Waals surface area contributed by atoms with Crippen molar-refractivity contribution in [1.29, 1.82) is 0 Å². The van der Waals surface area contributed by atoms with E-state index in [4.69, 9.17) is 0 Å². The first-order valence-corrected chi connectivity index (χ1v) is 7.31. The smallest absolute Gasteiger partial charge is 0.124 e. The van der Waals surface area contributed by atoms with Crippen molar-refractivity contribution in [2.75, 3.05) is 0 Å². The molecular weight excluding hydrogens is 415 g/mol. The van der Waals surface area contributed by atoms with Crippen LogP contribution >= 0.6 is 47.8 Å². The zero-order valence-corrected chi connectivity index (χ0v) is 13.4. The summed E-state index contributed by atoms with van der Waals surface area (Å²) in [6, 6.07) is 11.0. The molecule has 0 radical (unpaired) electrons. The SMILES string of the molecule is Fc1cc(Br)cc(Cc2cc(Br)cc(Br)c2)c1. The number of benzene rings is 2. The quantitative estimate of drug-likeness (QED) is 0.582. The summed E-state index contributed by atoms with van der Waals surface area (Å²) in [5.74, 6) is -0.219. The summed E-state index contributed by atoms with van der Waals surface area (Å²) in [6.07, 6.45) is 0.703. The number of hydrogen-bond acceptors (Lipinski definition) is 0. The normalized spacial score (nSPS) is 10.6. The first-order valence-electron chi connectivity index (χ1n) is 4.93. The first kappa shape index (κ1) is 13.2. The fraction of sp³-hybridized carbons (Fsp3) is 0.0769. The van der Waals surface area contributed by atoms with Crippen molar-refractivity contribution in [3.05, 3.63) is 66.8 Å². The third kappa shape index (κ3) is 3.90. The minimum atomic E-state index is -0.219. The molecule has 0 aromatic heterocycles. The van der Waals surface area contributed by atoms with Gasteiger partial charge in [0.15, 0.2) is 0 Å². The van der Waals surface area contributed by atoms with Gasteiger partial charge in [-0.1, -0.05) is 47.8 Å². The second kappa shape index (κ2) is 5.63. The van der Waals surface area contributed by atoms with Crippen LogP contribution in [0.5, 0.6) is 0 Å². The third-order valence-electron chi connectivity index (χ3n) is 2.25. The van der Waals surface area contributed by atoms with Gasteiger partial charge in [-0.25, -0.2) is 4.39 Å². The summed E-state index contributed by atoms with van der Waals surface area (Å²) in [5, 5.41) is 0. The lowest BCUT2D eigenvalue weighted by molar-refractivity contribution is 0.625. The van der Waals surface area contributed by atoms with Crippen LogP contribution in [0.15, 0.2) is 49.8 Å². The van der Waals surface area contributed by atoms with Gasteiger partial charge < -0.3 is 0 Å². The maximum atomic E-state index is 13.2. The fourth-order valence-corrected chi connectivity index (χ4v) is 3.56. The Morgan fingerprint density at radius 2 is 1.18 bits per heavy atom. The molecule has 2 aromatic carbocycles. The maximum absolute atomic E-state index is 13.2. The Balaban J connectivity index is 2.31. The van der Waals surface area contributed by atoms with E-state index in [0.29, 0.717) is 6.42 Å². The van der Waals surface area contributed by atoms with E-state index in [1.54, 1.807) is 6.07 Å². The van der Waals surface area contributed by atoms with Gasteiger partial charge in [0.2, 0.25) is 0 Å². The van der Waals surface area contributed by atoms with Crippen LogP contribution in [-0.2, 0) is 6.42 Å². The minimum absolute atomic E-state index is 0.219. The van der Waals surface area contributed by atoms with Crippen LogP contribution < -0.4 is 0 Å². The molecular formula is C13H8Br3F. The van der Waals surface area contributed by atoms with Crippen LogP contribution in [0.25, 0.3) is 0 Å². The standard InChI is InChI=1S/C13H8Br3F/c14-10-2-8(3-11(15)6-10)1-9-4-12(16)7-13(17)5-9/h2-7H,1H2. The molecule has 0 atom stereocenters. The molecule has 0 fully saturated rings. The lowest BCUT2D eigenvalue weighted by atomic mass is 10.1. The van der Waals surface area contributed by atoms with Crippen LogP contribution in [0.3, 0.4) is 0 Å².